The molecule has 1 heterocycles. The third-order valence-corrected chi connectivity index (χ3v) is 2.85. The minimum absolute atomic E-state index is 0.232. The molecule has 1 aromatic carbocycles. The van der Waals surface area contributed by atoms with Crippen molar-refractivity contribution in [2.24, 2.45) is 5.73 Å². The average molecular weight is 230 g/mol. The van der Waals surface area contributed by atoms with E-state index >= 15 is 0 Å². The van der Waals surface area contributed by atoms with E-state index in [0.717, 1.165) is 22.4 Å². The average Bonchev–Trinajstić information content (AvgIpc) is 2.28. The number of aryl methyl sites for hydroxylation is 2. The first kappa shape index (κ1) is 11.7. The van der Waals surface area contributed by atoms with Crippen molar-refractivity contribution in [2.45, 2.75) is 19.9 Å². The molecule has 0 bridgehead atoms. The summed E-state index contributed by atoms with van der Waals surface area (Å²) in [6.07, 6.45) is 1.74. The number of pyridine rings is 1. The first-order valence-corrected chi connectivity index (χ1v) is 5.52. The lowest BCUT2D eigenvalue weighted by Gasteiger charge is -2.15. The Hall–Kier alpha value is -1.74. The summed E-state index contributed by atoms with van der Waals surface area (Å²) in [4.78, 5) is 4.14. The maximum Gasteiger partial charge on any atom is 0.123 e. The molecular formula is C14H15FN2. The second-order valence-corrected chi connectivity index (χ2v) is 4.21. The van der Waals surface area contributed by atoms with Gasteiger partial charge in [-0.2, -0.15) is 0 Å². The Morgan fingerprint density at radius 2 is 1.94 bits per heavy atom. The van der Waals surface area contributed by atoms with Crippen molar-refractivity contribution in [1.29, 1.82) is 0 Å². The van der Waals surface area contributed by atoms with E-state index in [4.69, 9.17) is 5.73 Å². The molecule has 0 radical (unpaired) electrons. The number of halogens is 1. The van der Waals surface area contributed by atoms with Crippen molar-refractivity contribution >= 4 is 0 Å². The third kappa shape index (κ3) is 2.50. The Morgan fingerprint density at radius 1 is 1.18 bits per heavy atom. The summed E-state index contributed by atoms with van der Waals surface area (Å²) in [5, 5.41) is 0. The smallest absolute Gasteiger partial charge is 0.123 e. The molecule has 88 valence electrons. The molecule has 2 nitrogen and oxygen atoms in total. The Kier molecular flexibility index (Phi) is 3.20. The summed E-state index contributed by atoms with van der Waals surface area (Å²) >= 11 is 0. The molecule has 0 aliphatic heterocycles. The molecule has 0 saturated heterocycles. The highest BCUT2D eigenvalue weighted by Crippen LogP contribution is 2.23. The quantitative estimate of drug-likeness (QED) is 0.861. The van der Waals surface area contributed by atoms with E-state index in [2.05, 4.69) is 4.98 Å². The van der Waals surface area contributed by atoms with Crippen LogP contribution in [0.2, 0.25) is 0 Å². The summed E-state index contributed by atoms with van der Waals surface area (Å²) in [7, 11) is 0. The fourth-order valence-electron chi connectivity index (χ4n) is 1.93. The summed E-state index contributed by atoms with van der Waals surface area (Å²) in [6, 6.07) is 8.29. The lowest BCUT2D eigenvalue weighted by Crippen LogP contribution is -2.13. The lowest BCUT2D eigenvalue weighted by atomic mass is 9.96. The maximum atomic E-state index is 13.0. The Morgan fingerprint density at radius 3 is 2.59 bits per heavy atom. The first-order valence-electron chi connectivity index (χ1n) is 5.52. The summed E-state index contributed by atoms with van der Waals surface area (Å²) in [5.41, 5.74) is 9.92. The zero-order valence-corrected chi connectivity index (χ0v) is 9.94. The van der Waals surface area contributed by atoms with E-state index in [1.165, 1.54) is 12.1 Å². The van der Waals surface area contributed by atoms with E-state index in [9.17, 15) is 4.39 Å². The highest BCUT2D eigenvalue weighted by Gasteiger charge is 2.12. The number of rotatable bonds is 2. The number of benzene rings is 1. The van der Waals surface area contributed by atoms with Crippen molar-refractivity contribution in [2.75, 3.05) is 0 Å². The van der Waals surface area contributed by atoms with Crippen LogP contribution in [0.25, 0.3) is 0 Å². The predicted octanol–water partition coefficient (Wildman–Crippen LogP) is 2.89. The summed E-state index contributed by atoms with van der Waals surface area (Å²) in [5.74, 6) is -0.232. The van der Waals surface area contributed by atoms with Gasteiger partial charge < -0.3 is 5.73 Å². The minimum atomic E-state index is -0.239. The Balaban J connectivity index is 2.40. The van der Waals surface area contributed by atoms with Crippen LogP contribution in [0.3, 0.4) is 0 Å². The van der Waals surface area contributed by atoms with Crippen LogP contribution in [0.4, 0.5) is 4.39 Å². The van der Waals surface area contributed by atoms with Gasteiger partial charge in [-0.1, -0.05) is 6.07 Å². The third-order valence-electron chi connectivity index (χ3n) is 2.85. The summed E-state index contributed by atoms with van der Waals surface area (Å²) in [6.45, 7) is 3.79. The van der Waals surface area contributed by atoms with Crippen molar-refractivity contribution in [3.05, 3.63) is 64.7 Å². The molecule has 17 heavy (non-hydrogen) atoms. The van der Waals surface area contributed by atoms with Crippen LogP contribution in [0.5, 0.6) is 0 Å². The fraction of sp³-hybridized carbons (Fsp3) is 0.214. The molecule has 2 N–H and O–H groups in total. The summed E-state index contributed by atoms with van der Waals surface area (Å²) < 4.78 is 13.0. The number of hydrogen-bond donors (Lipinski definition) is 1. The Bertz CT molecular complexity index is 537. The fourth-order valence-corrected chi connectivity index (χ4v) is 1.93. The molecule has 2 aromatic rings. The van der Waals surface area contributed by atoms with E-state index in [-0.39, 0.29) is 11.9 Å². The molecule has 1 unspecified atom stereocenters. The van der Waals surface area contributed by atoms with Gasteiger partial charge in [-0.05, 0) is 54.8 Å². The largest absolute Gasteiger partial charge is 0.320 e. The predicted molar refractivity (Wildman–Crippen MR) is 66.1 cm³/mol. The lowest BCUT2D eigenvalue weighted by molar-refractivity contribution is 0.624. The van der Waals surface area contributed by atoms with Crippen molar-refractivity contribution < 1.29 is 4.39 Å². The highest BCUT2D eigenvalue weighted by atomic mass is 19.1. The van der Waals surface area contributed by atoms with Crippen LogP contribution in [0.1, 0.15) is 28.4 Å². The zero-order chi connectivity index (χ0) is 12.4. The minimum Gasteiger partial charge on any atom is -0.320 e. The molecule has 2 rings (SSSR count). The van der Waals surface area contributed by atoms with E-state index in [1.807, 2.05) is 26.0 Å². The van der Waals surface area contributed by atoms with E-state index in [0.29, 0.717) is 0 Å². The standard InChI is InChI=1S/C14H15FN2/c1-9-7-12(15)3-4-13(9)14(16)11-5-6-17-10(2)8-11/h3-8,14H,16H2,1-2H3. The van der Waals surface area contributed by atoms with Crippen LogP contribution < -0.4 is 5.73 Å². The highest BCUT2D eigenvalue weighted by molar-refractivity contribution is 5.36. The molecule has 0 amide bonds. The van der Waals surface area contributed by atoms with E-state index < -0.39 is 0 Å². The molecule has 1 aromatic heterocycles. The van der Waals surface area contributed by atoms with Gasteiger partial charge in [0.15, 0.2) is 0 Å². The van der Waals surface area contributed by atoms with Crippen LogP contribution in [-0.2, 0) is 0 Å². The van der Waals surface area contributed by atoms with Gasteiger partial charge in [-0.15, -0.1) is 0 Å². The van der Waals surface area contributed by atoms with Crippen molar-refractivity contribution in [3.8, 4) is 0 Å². The van der Waals surface area contributed by atoms with Gasteiger partial charge in [0.05, 0.1) is 6.04 Å². The molecule has 1 atom stereocenters. The Labute approximate surface area is 100 Å². The topological polar surface area (TPSA) is 38.9 Å². The van der Waals surface area contributed by atoms with Gasteiger partial charge in [0.1, 0.15) is 5.82 Å². The van der Waals surface area contributed by atoms with Crippen LogP contribution >= 0.6 is 0 Å². The van der Waals surface area contributed by atoms with E-state index in [1.54, 1.807) is 12.3 Å². The zero-order valence-electron chi connectivity index (χ0n) is 9.94. The van der Waals surface area contributed by atoms with Gasteiger partial charge in [0.25, 0.3) is 0 Å². The molecule has 0 aliphatic rings. The number of hydrogen-bond acceptors (Lipinski definition) is 2. The molecule has 0 spiro atoms. The van der Waals surface area contributed by atoms with Gasteiger partial charge in [-0.3, -0.25) is 4.98 Å². The maximum absolute atomic E-state index is 13.0. The monoisotopic (exact) mass is 230 g/mol. The van der Waals surface area contributed by atoms with Crippen LogP contribution in [0, 0.1) is 19.7 Å². The second-order valence-electron chi connectivity index (χ2n) is 4.21. The van der Waals surface area contributed by atoms with Crippen molar-refractivity contribution in [3.63, 3.8) is 0 Å². The molecule has 0 fully saturated rings. The van der Waals surface area contributed by atoms with Crippen LogP contribution in [0.15, 0.2) is 36.5 Å². The number of aromatic nitrogens is 1. The first-order chi connectivity index (χ1) is 8.08. The SMILES string of the molecule is Cc1cc(C(N)c2ccc(F)cc2C)ccn1. The van der Waals surface area contributed by atoms with Crippen molar-refractivity contribution in [1.82, 2.24) is 4.98 Å². The van der Waals surface area contributed by atoms with Gasteiger partial charge in [0, 0.05) is 11.9 Å². The van der Waals surface area contributed by atoms with Gasteiger partial charge >= 0.3 is 0 Å². The molecule has 3 heteroatoms. The molecular weight excluding hydrogens is 215 g/mol. The molecule has 0 aliphatic carbocycles. The number of nitrogens with zero attached hydrogens (tertiary/aromatic N) is 1. The van der Waals surface area contributed by atoms with Gasteiger partial charge in [-0.25, -0.2) is 4.39 Å². The van der Waals surface area contributed by atoms with Crippen LogP contribution in [-0.4, -0.2) is 4.98 Å². The number of nitrogens with two attached hydrogens (primary N) is 1. The van der Waals surface area contributed by atoms with Gasteiger partial charge in [0.2, 0.25) is 0 Å². The second kappa shape index (κ2) is 4.63. The molecule has 0 saturated carbocycles. The normalized spacial score (nSPS) is 12.5.